The van der Waals surface area contributed by atoms with E-state index >= 15 is 0 Å². The third-order valence-corrected chi connectivity index (χ3v) is 3.60. The summed E-state index contributed by atoms with van der Waals surface area (Å²) in [6.45, 7) is 7.93. The SMILES string of the molecule is CCNCc1c(C)nn(-c2cc(Cl)ccc2OC)c1C. The topological polar surface area (TPSA) is 39.1 Å². The molecular weight excluding hydrogens is 274 g/mol. The summed E-state index contributed by atoms with van der Waals surface area (Å²) in [6, 6.07) is 5.55. The fraction of sp³-hybridized carbons (Fsp3) is 0.400. The highest BCUT2D eigenvalue weighted by atomic mass is 35.5. The predicted molar refractivity (Wildman–Crippen MR) is 82.0 cm³/mol. The van der Waals surface area contributed by atoms with Gasteiger partial charge in [-0.2, -0.15) is 5.10 Å². The molecule has 108 valence electrons. The molecule has 4 nitrogen and oxygen atoms in total. The van der Waals surface area contributed by atoms with Crippen LogP contribution >= 0.6 is 11.6 Å². The molecule has 0 amide bonds. The Morgan fingerprint density at radius 2 is 2.10 bits per heavy atom. The molecule has 0 aliphatic rings. The van der Waals surface area contributed by atoms with Gasteiger partial charge in [-0.05, 0) is 38.6 Å². The van der Waals surface area contributed by atoms with Crippen LogP contribution in [0, 0.1) is 13.8 Å². The molecule has 0 aliphatic heterocycles. The van der Waals surface area contributed by atoms with E-state index in [1.54, 1.807) is 7.11 Å². The first-order valence-corrected chi connectivity index (χ1v) is 7.06. The molecule has 0 fully saturated rings. The number of benzene rings is 1. The first-order chi connectivity index (χ1) is 9.58. The number of hydrogen-bond donors (Lipinski definition) is 1. The number of nitrogens with one attached hydrogen (secondary N) is 1. The molecule has 0 saturated heterocycles. The molecule has 1 heterocycles. The highest BCUT2D eigenvalue weighted by Crippen LogP contribution is 2.28. The van der Waals surface area contributed by atoms with Gasteiger partial charge in [-0.1, -0.05) is 18.5 Å². The van der Waals surface area contributed by atoms with E-state index in [1.165, 1.54) is 5.56 Å². The Bertz CT molecular complexity index is 607. The van der Waals surface area contributed by atoms with Gasteiger partial charge < -0.3 is 10.1 Å². The molecule has 0 bridgehead atoms. The minimum atomic E-state index is 0.668. The zero-order chi connectivity index (χ0) is 14.7. The maximum absolute atomic E-state index is 6.10. The summed E-state index contributed by atoms with van der Waals surface area (Å²) in [7, 11) is 1.65. The normalized spacial score (nSPS) is 10.8. The molecule has 1 N–H and O–H groups in total. The van der Waals surface area contributed by atoms with Crippen LogP contribution in [0.4, 0.5) is 0 Å². The van der Waals surface area contributed by atoms with Gasteiger partial charge in [-0.15, -0.1) is 0 Å². The van der Waals surface area contributed by atoms with Gasteiger partial charge in [0.1, 0.15) is 11.4 Å². The quantitative estimate of drug-likeness (QED) is 0.920. The number of aromatic nitrogens is 2. The van der Waals surface area contributed by atoms with Crippen molar-refractivity contribution in [3.8, 4) is 11.4 Å². The van der Waals surface area contributed by atoms with Gasteiger partial charge in [0.25, 0.3) is 0 Å². The minimum Gasteiger partial charge on any atom is -0.494 e. The maximum Gasteiger partial charge on any atom is 0.144 e. The van der Waals surface area contributed by atoms with Gasteiger partial charge in [0.2, 0.25) is 0 Å². The van der Waals surface area contributed by atoms with Crippen LogP contribution in [-0.2, 0) is 6.54 Å². The molecule has 5 heteroatoms. The molecule has 1 aromatic heterocycles. The maximum atomic E-state index is 6.10. The lowest BCUT2D eigenvalue weighted by Gasteiger charge is -2.11. The van der Waals surface area contributed by atoms with E-state index in [0.717, 1.165) is 35.9 Å². The number of hydrogen-bond acceptors (Lipinski definition) is 3. The lowest BCUT2D eigenvalue weighted by Crippen LogP contribution is -2.13. The van der Waals surface area contributed by atoms with Gasteiger partial charge in [-0.25, -0.2) is 4.68 Å². The number of ether oxygens (including phenoxy) is 1. The molecule has 2 rings (SSSR count). The van der Waals surface area contributed by atoms with Crippen LogP contribution in [0.5, 0.6) is 5.75 Å². The number of methoxy groups -OCH3 is 1. The monoisotopic (exact) mass is 293 g/mol. The number of aryl methyl sites for hydroxylation is 1. The second-order valence-electron chi connectivity index (χ2n) is 4.66. The van der Waals surface area contributed by atoms with Crippen LogP contribution in [0.25, 0.3) is 5.69 Å². The van der Waals surface area contributed by atoms with Crippen molar-refractivity contribution in [1.29, 1.82) is 0 Å². The molecule has 1 aromatic carbocycles. The largest absolute Gasteiger partial charge is 0.494 e. The molecule has 0 unspecified atom stereocenters. The Morgan fingerprint density at radius 3 is 2.75 bits per heavy atom. The summed E-state index contributed by atoms with van der Waals surface area (Å²) in [5.74, 6) is 0.759. The van der Waals surface area contributed by atoms with E-state index in [9.17, 15) is 0 Å². The number of nitrogens with zero attached hydrogens (tertiary/aromatic N) is 2. The third-order valence-electron chi connectivity index (χ3n) is 3.36. The fourth-order valence-electron chi connectivity index (χ4n) is 2.24. The summed E-state index contributed by atoms with van der Waals surface area (Å²) < 4.78 is 7.30. The van der Waals surface area contributed by atoms with Gasteiger partial charge in [0.15, 0.2) is 0 Å². The van der Waals surface area contributed by atoms with E-state index in [0.29, 0.717) is 5.02 Å². The van der Waals surface area contributed by atoms with Crippen molar-refractivity contribution < 1.29 is 4.74 Å². The highest BCUT2D eigenvalue weighted by molar-refractivity contribution is 6.30. The summed E-state index contributed by atoms with van der Waals surface area (Å²) >= 11 is 6.10. The first-order valence-electron chi connectivity index (χ1n) is 6.68. The van der Waals surface area contributed by atoms with Crippen molar-refractivity contribution in [2.45, 2.75) is 27.3 Å². The van der Waals surface area contributed by atoms with Gasteiger partial charge >= 0.3 is 0 Å². The minimum absolute atomic E-state index is 0.668. The van der Waals surface area contributed by atoms with E-state index in [-0.39, 0.29) is 0 Å². The average molecular weight is 294 g/mol. The smallest absolute Gasteiger partial charge is 0.144 e. The molecular formula is C15H20ClN3O. The standard InChI is InChI=1S/C15H20ClN3O/c1-5-17-9-13-10(2)18-19(11(13)3)14-8-12(16)6-7-15(14)20-4/h6-8,17H,5,9H2,1-4H3. The Hall–Kier alpha value is -1.52. The van der Waals surface area contributed by atoms with Gasteiger partial charge in [-0.3, -0.25) is 0 Å². The Morgan fingerprint density at radius 1 is 1.35 bits per heavy atom. The van der Waals surface area contributed by atoms with E-state index in [4.69, 9.17) is 16.3 Å². The average Bonchev–Trinajstić information content (AvgIpc) is 2.71. The molecule has 0 aliphatic carbocycles. The van der Waals surface area contributed by atoms with Crippen LogP contribution in [0.3, 0.4) is 0 Å². The highest BCUT2D eigenvalue weighted by Gasteiger charge is 2.15. The first kappa shape index (κ1) is 14.9. The van der Waals surface area contributed by atoms with E-state index in [2.05, 4.69) is 24.3 Å². The third kappa shape index (κ3) is 2.81. The molecule has 0 saturated carbocycles. The van der Waals surface area contributed by atoms with E-state index < -0.39 is 0 Å². The van der Waals surface area contributed by atoms with Crippen molar-refractivity contribution >= 4 is 11.6 Å². The molecule has 0 spiro atoms. The lowest BCUT2D eigenvalue weighted by atomic mass is 10.2. The number of rotatable bonds is 5. The second kappa shape index (κ2) is 6.29. The summed E-state index contributed by atoms with van der Waals surface area (Å²) in [5.41, 5.74) is 4.20. The van der Waals surface area contributed by atoms with Crippen LogP contribution in [0.1, 0.15) is 23.9 Å². The molecule has 20 heavy (non-hydrogen) atoms. The van der Waals surface area contributed by atoms with Gasteiger partial charge in [0.05, 0.1) is 12.8 Å². The van der Waals surface area contributed by atoms with Crippen molar-refractivity contribution in [1.82, 2.24) is 15.1 Å². The Balaban J connectivity index is 2.50. The Kier molecular flexibility index (Phi) is 4.68. The fourth-order valence-corrected chi connectivity index (χ4v) is 2.41. The zero-order valence-electron chi connectivity index (χ0n) is 12.3. The summed E-state index contributed by atoms with van der Waals surface area (Å²) in [5, 5.41) is 8.63. The predicted octanol–water partition coefficient (Wildman–Crippen LogP) is 3.26. The molecule has 0 atom stereocenters. The molecule has 0 radical (unpaired) electrons. The second-order valence-corrected chi connectivity index (χ2v) is 5.09. The summed E-state index contributed by atoms with van der Waals surface area (Å²) in [6.07, 6.45) is 0. The van der Waals surface area contributed by atoms with Crippen LogP contribution in [-0.4, -0.2) is 23.4 Å². The Labute approximate surface area is 124 Å². The van der Waals surface area contributed by atoms with Crippen LogP contribution in [0.2, 0.25) is 5.02 Å². The van der Waals surface area contributed by atoms with Crippen molar-refractivity contribution in [2.75, 3.05) is 13.7 Å². The van der Waals surface area contributed by atoms with Crippen molar-refractivity contribution in [3.63, 3.8) is 0 Å². The van der Waals surface area contributed by atoms with Crippen molar-refractivity contribution in [3.05, 3.63) is 40.2 Å². The summed E-state index contributed by atoms with van der Waals surface area (Å²) in [4.78, 5) is 0. The number of halogens is 1. The lowest BCUT2D eigenvalue weighted by molar-refractivity contribution is 0.411. The van der Waals surface area contributed by atoms with E-state index in [1.807, 2.05) is 29.8 Å². The molecule has 2 aromatic rings. The van der Waals surface area contributed by atoms with Crippen LogP contribution < -0.4 is 10.1 Å². The van der Waals surface area contributed by atoms with Crippen molar-refractivity contribution in [2.24, 2.45) is 0 Å². The van der Waals surface area contributed by atoms with Crippen LogP contribution in [0.15, 0.2) is 18.2 Å². The van der Waals surface area contributed by atoms with Gasteiger partial charge in [0, 0.05) is 22.8 Å². The zero-order valence-corrected chi connectivity index (χ0v) is 13.1.